The summed E-state index contributed by atoms with van der Waals surface area (Å²) in [6, 6.07) is 10.7. The minimum Gasteiger partial charge on any atom is -0.396 e. The molecule has 5 heteroatoms. The fraction of sp³-hybridized carbons (Fsp3) is 0.524. The normalized spacial score (nSPS) is 15.8. The van der Waals surface area contributed by atoms with E-state index in [-0.39, 0.29) is 18.1 Å². The Bertz CT molecular complexity index is 757. The number of anilines is 2. The summed E-state index contributed by atoms with van der Waals surface area (Å²) < 4.78 is 0. The predicted octanol–water partition coefficient (Wildman–Crippen LogP) is 3.74. The second kappa shape index (κ2) is 7.62. The van der Waals surface area contributed by atoms with E-state index in [9.17, 15) is 0 Å². The zero-order chi connectivity index (χ0) is 18.7. The molecule has 140 valence electrons. The van der Waals surface area contributed by atoms with Crippen LogP contribution in [0.25, 0.3) is 0 Å². The lowest BCUT2D eigenvalue weighted by molar-refractivity contribution is 0.292. The molecule has 1 aliphatic heterocycles. The Morgan fingerprint density at radius 3 is 2.62 bits per heavy atom. The second-order valence-corrected chi connectivity index (χ2v) is 7.97. The van der Waals surface area contributed by atoms with Gasteiger partial charge in [-0.1, -0.05) is 38.1 Å². The monoisotopic (exact) mass is 354 g/mol. The summed E-state index contributed by atoms with van der Waals surface area (Å²) in [5, 5.41) is 12.4. The number of aliphatic hydroxyl groups excluding tert-OH is 1. The highest BCUT2D eigenvalue weighted by atomic mass is 16.3. The maximum Gasteiger partial charge on any atom is 0.135 e. The number of benzene rings is 1. The highest BCUT2D eigenvalue weighted by Gasteiger charge is 2.34. The zero-order valence-corrected chi connectivity index (χ0v) is 16.3. The van der Waals surface area contributed by atoms with Crippen LogP contribution in [0.2, 0.25) is 0 Å². The first-order chi connectivity index (χ1) is 12.4. The van der Waals surface area contributed by atoms with Crippen LogP contribution in [0.5, 0.6) is 0 Å². The lowest BCUT2D eigenvalue weighted by Crippen LogP contribution is -2.49. The second-order valence-electron chi connectivity index (χ2n) is 7.97. The van der Waals surface area contributed by atoms with Crippen LogP contribution >= 0.6 is 0 Å². The smallest absolute Gasteiger partial charge is 0.135 e. The van der Waals surface area contributed by atoms with Gasteiger partial charge in [-0.25, -0.2) is 9.97 Å². The minimum absolute atomic E-state index is 0.0146. The van der Waals surface area contributed by atoms with Crippen LogP contribution in [0.1, 0.15) is 57.0 Å². The van der Waals surface area contributed by atoms with Gasteiger partial charge in [-0.05, 0) is 37.8 Å². The maximum atomic E-state index is 9.03. The van der Waals surface area contributed by atoms with Crippen molar-refractivity contribution in [3.05, 3.63) is 47.3 Å². The van der Waals surface area contributed by atoms with Gasteiger partial charge >= 0.3 is 0 Å². The van der Waals surface area contributed by atoms with Crippen LogP contribution in [-0.4, -0.2) is 33.8 Å². The quantitative estimate of drug-likeness (QED) is 0.774. The van der Waals surface area contributed by atoms with Crippen LogP contribution in [0.3, 0.4) is 0 Å². The molecule has 0 bridgehead atoms. The highest BCUT2D eigenvalue weighted by molar-refractivity contribution is 5.54. The summed E-state index contributed by atoms with van der Waals surface area (Å²) in [6.45, 7) is 10.5. The summed E-state index contributed by atoms with van der Waals surface area (Å²) in [6.07, 6.45) is 1.70. The molecule has 1 aromatic heterocycles. The molecule has 0 spiro atoms. The Labute approximate surface area is 156 Å². The van der Waals surface area contributed by atoms with E-state index in [0.717, 1.165) is 30.4 Å². The standard InChI is InChI=1S/C21H30N4O/c1-15(2)20-23-18(22-10-7-11-26)12-19(24-20)25-14-17-9-6-5-8-16(17)13-21(25,3)4/h5-6,8-9,12,15,26H,7,10-11,13-14H2,1-4H3,(H,22,23,24). The molecular formula is C21H30N4O. The Kier molecular flexibility index (Phi) is 5.47. The molecule has 2 N–H and O–H groups in total. The van der Waals surface area contributed by atoms with E-state index in [4.69, 9.17) is 10.1 Å². The van der Waals surface area contributed by atoms with Crippen LogP contribution in [0, 0.1) is 0 Å². The van der Waals surface area contributed by atoms with Gasteiger partial charge in [0.2, 0.25) is 0 Å². The molecular weight excluding hydrogens is 324 g/mol. The van der Waals surface area contributed by atoms with E-state index in [1.165, 1.54) is 11.1 Å². The molecule has 0 atom stereocenters. The number of nitrogens with one attached hydrogen (secondary N) is 1. The first-order valence-electron chi connectivity index (χ1n) is 9.49. The van der Waals surface area contributed by atoms with Crippen molar-refractivity contribution >= 4 is 11.6 Å². The van der Waals surface area contributed by atoms with Gasteiger partial charge in [-0.3, -0.25) is 0 Å². The summed E-state index contributed by atoms with van der Waals surface area (Å²) in [5.41, 5.74) is 2.78. The third-order valence-corrected chi connectivity index (χ3v) is 4.96. The number of fused-ring (bicyclic) bond motifs is 1. The Morgan fingerprint density at radius 2 is 1.92 bits per heavy atom. The van der Waals surface area contributed by atoms with Crippen molar-refractivity contribution in [2.75, 3.05) is 23.4 Å². The van der Waals surface area contributed by atoms with Gasteiger partial charge in [-0.15, -0.1) is 0 Å². The maximum absolute atomic E-state index is 9.03. The van der Waals surface area contributed by atoms with Crippen LogP contribution in [0.4, 0.5) is 11.6 Å². The van der Waals surface area contributed by atoms with Gasteiger partial charge in [0.25, 0.3) is 0 Å². The van der Waals surface area contributed by atoms with Crippen molar-refractivity contribution in [1.29, 1.82) is 0 Å². The van der Waals surface area contributed by atoms with Gasteiger partial charge < -0.3 is 15.3 Å². The van der Waals surface area contributed by atoms with Crippen molar-refractivity contribution in [2.24, 2.45) is 0 Å². The molecule has 0 unspecified atom stereocenters. The summed E-state index contributed by atoms with van der Waals surface area (Å²) in [7, 11) is 0. The lowest BCUT2D eigenvalue weighted by atomic mass is 9.85. The molecule has 0 saturated carbocycles. The molecule has 3 rings (SSSR count). The number of aromatic nitrogens is 2. The minimum atomic E-state index is -0.0146. The van der Waals surface area contributed by atoms with Gasteiger partial charge in [0, 0.05) is 37.2 Å². The zero-order valence-electron chi connectivity index (χ0n) is 16.3. The van der Waals surface area contributed by atoms with Gasteiger partial charge in [-0.2, -0.15) is 0 Å². The molecule has 5 nitrogen and oxygen atoms in total. The van der Waals surface area contributed by atoms with E-state index in [0.29, 0.717) is 13.0 Å². The first kappa shape index (κ1) is 18.6. The number of rotatable bonds is 6. The first-order valence-corrected chi connectivity index (χ1v) is 9.49. The van der Waals surface area contributed by atoms with E-state index >= 15 is 0 Å². The number of hydrogen-bond acceptors (Lipinski definition) is 5. The Balaban J connectivity index is 1.96. The lowest BCUT2D eigenvalue weighted by Gasteiger charge is -2.44. The molecule has 0 radical (unpaired) electrons. The topological polar surface area (TPSA) is 61.3 Å². The van der Waals surface area contributed by atoms with E-state index in [2.05, 4.69) is 67.2 Å². The summed E-state index contributed by atoms with van der Waals surface area (Å²) in [4.78, 5) is 11.9. The van der Waals surface area contributed by atoms with Crippen molar-refractivity contribution < 1.29 is 5.11 Å². The van der Waals surface area contributed by atoms with Crippen LogP contribution < -0.4 is 10.2 Å². The number of aliphatic hydroxyl groups is 1. The predicted molar refractivity (Wildman–Crippen MR) is 107 cm³/mol. The fourth-order valence-electron chi connectivity index (χ4n) is 3.46. The van der Waals surface area contributed by atoms with E-state index < -0.39 is 0 Å². The van der Waals surface area contributed by atoms with Crippen LogP contribution in [-0.2, 0) is 13.0 Å². The molecule has 1 aromatic carbocycles. The van der Waals surface area contributed by atoms with Crippen molar-refractivity contribution in [2.45, 2.75) is 58.5 Å². The average Bonchev–Trinajstić information content (AvgIpc) is 2.60. The molecule has 2 heterocycles. The molecule has 26 heavy (non-hydrogen) atoms. The number of hydrogen-bond donors (Lipinski definition) is 2. The Morgan fingerprint density at radius 1 is 1.19 bits per heavy atom. The highest BCUT2D eigenvalue weighted by Crippen LogP contribution is 2.35. The van der Waals surface area contributed by atoms with Gasteiger partial charge in [0.05, 0.1) is 0 Å². The number of nitrogens with zero attached hydrogens (tertiary/aromatic N) is 3. The largest absolute Gasteiger partial charge is 0.396 e. The molecule has 2 aromatic rings. The molecule has 0 saturated heterocycles. The molecule has 0 fully saturated rings. The Hall–Kier alpha value is -2.14. The van der Waals surface area contributed by atoms with Crippen molar-refractivity contribution in [3.8, 4) is 0 Å². The van der Waals surface area contributed by atoms with Gasteiger partial charge in [0.1, 0.15) is 17.5 Å². The van der Waals surface area contributed by atoms with Gasteiger partial charge in [0.15, 0.2) is 0 Å². The SMILES string of the molecule is CC(C)c1nc(NCCCO)cc(N2Cc3ccccc3CC2(C)C)n1. The average molecular weight is 354 g/mol. The van der Waals surface area contributed by atoms with E-state index in [1.807, 2.05) is 6.07 Å². The summed E-state index contributed by atoms with van der Waals surface area (Å²) >= 11 is 0. The third kappa shape index (κ3) is 3.98. The molecule has 0 aliphatic carbocycles. The van der Waals surface area contributed by atoms with Crippen molar-refractivity contribution in [1.82, 2.24) is 9.97 Å². The molecule has 1 aliphatic rings. The summed E-state index contributed by atoms with van der Waals surface area (Å²) in [5.74, 6) is 2.91. The molecule has 0 amide bonds. The van der Waals surface area contributed by atoms with Crippen LogP contribution in [0.15, 0.2) is 30.3 Å². The van der Waals surface area contributed by atoms with Crippen molar-refractivity contribution in [3.63, 3.8) is 0 Å². The third-order valence-electron chi connectivity index (χ3n) is 4.96. The fourth-order valence-corrected chi connectivity index (χ4v) is 3.46. The van der Waals surface area contributed by atoms with E-state index in [1.54, 1.807) is 0 Å².